The number of aromatic nitrogens is 2. The zero-order valence-corrected chi connectivity index (χ0v) is 16.8. The number of methoxy groups -OCH3 is 1. The molecule has 8 heteroatoms. The summed E-state index contributed by atoms with van der Waals surface area (Å²) >= 11 is 1.76. The van der Waals surface area contributed by atoms with Crippen molar-refractivity contribution in [3.63, 3.8) is 0 Å². The summed E-state index contributed by atoms with van der Waals surface area (Å²) in [6.07, 6.45) is 6.07. The molecule has 0 aliphatic heterocycles. The maximum Gasteiger partial charge on any atom is 0.142 e. The molecule has 1 aliphatic carbocycles. The highest BCUT2D eigenvalue weighted by atomic mass is 32.1. The predicted molar refractivity (Wildman–Crippen MR) is 115 cm³/mol. The number of nitrogens with one attached hydrogen (secondary N) is 2. The summed E-state index contributed by atoms with van der Waals surface area (Å²) in [7, 11) is 2.77. The number of thiophene rings is 1. The summed E-state index contributed by atoms with van der Waals surface area (Å²) in [5.41, 5.74) is 9.40. The number of hydrogen-bond donors (Lipinski definition) is 4. The molecular weight excluding hydrogens is 374 g/mol. The number of aliphatic hydroxyl groups is 1. The van der Waals surface area contributed by atoms with Crippen molar-refractivity contribution in [2.75, 3.05) is 31.9 Å². The molecular formula is C20H25N5O2S. The number of benzene rings is 1. The van der Waals surface area contributed by atoms with Gasteiger partial charge >= 0.3 is 0 Å². The number of nitrogens with two attached hydrogens (primary N) is 1. The third-order valence-electron chi connectivity index (χ3n) is 4.85. The molecule has 5 N–H and O–H groups in total. The van der Waals surface area contributed by atoms with Crippen LogP contribution in [0.1, 0.15) is 22.4 Å². The van der Waals surface area contributed by atoms with Gasteiger partial charge in [0.1, 0.15) is 17.0 Å². The fraction of sp³-hybridized carbons (Fsp3) is 0.350. The summed E-state index contributed by atoms with van der Waals surface area (Å²) in [5.74, 6) is 1.40. The molecule has 0 spiro atoms. The Bertz CT molecular complexity index is 973. The molecule has 0 radical (unpaired) electrons. The van der Waals surface area contributed by atoms with Crippen LogP contribution in [-0.2, 0) is 17.6 Å². The first-order valence-electron chi connectivity index (χ1n) is 9.05. The lowest BCUT2D eigenvalue weighted by atomic mass is 9.88. The second-order valence-electron chi connectivity index (χ2n) is 6.58. The van der Waals surface area contributed by atoms with E-state index in [1.54, 1.807) is 30.8 Å². The number of nitrogens with zero attached hydrogens (tertiary/aromatic N) is 2. The smallest absolute Gasteiger partial charge is 0.142 e. The first-order chi connectivity index (χ1) is 13.7. The van der Waals surface area contributed by atoms with Crippen molar-refractivity contribution in [2.24, 2.45) is 5.92 Å². The molecule has 7 nitrogen and oxygen atoms in total. The summed E-state index contributed by atoms with van der Waals surface area (Å²) < 4.78 is 5.34. The summed E-state index contributed by atoms with van der Waals surface area (Å²) in [4.78, 5) is 11.4. The zero-order valence-electron chi connectivity index (χ0n) is 16.0. The van der Waals surface area contributed by atoms with E-state index in [1.807, 2.05) is 12.1 Å². The van der Waals surface area contributed by atoms with Crippen LogP contribution in [0.25, 0.3) is 10.2 Å². The van der Waals surface area contributed by atoms with Crippen molar-refractivity contribution < 1.29 is 9.84 Å². The Hall–Kier alpha value is -2.55. The van der Waals surface area contributed by atoms with Gasteiger partial charge in [-0.2, -0.15) is 0 Å². The van der Waals surface area contributed by atoms with Gasteiger partial charge in [-0.15, -0.1) is 11.3 Å². The fourth-order valence-electron chi connectivity index (χ4n) is 3.57. The van der Waals surface area contributed by atoms with Gasteiger partial charge in [0.2, 0.25) is 0 Å². The van der Waals surface area contributed by atoms with Gasteiger partial charge < -0.3 is 26.3 Å². The van der Waals surface area contributed by atoms with Crippen LogP contribution in [0.5, 0.6) is 0 Å². The van der Waals surface area contributed by atoms with E-state index in [1.165, 1.54) is 16.7 Å². The number of fused-ring (bicyclic) bond motifs is 3. The maximum atomic E-state index is 7.48. The molecule has 1 unspecified atom stereocenters. The molecule has 4 rings (SSSR count). The van der Waals surface area contributed by atoms with Crippen LogP contribution in [0, 0.1) is 11.3 Å². The zero-order chi connectivity index (χ0) is 20.1. The lowest BCUT2D eigenvalue weighted by Gasteiger charge is -2.21. The number of aryl methyl sites for hydroxylation is 1. The molecule has 0 saturated carbocycles. The van der Waals surface area contributed by atoms with E-state index < -0.39 is 0 Å². The number of nitrogen functional groups attached to an aromatic ring is 1. The molecule has 1 atom stereocenters. The van der Waals surface area contributed by atoms with E-state index in [0.29, 0.717) is 17.2 Å². The lowest BCUT2D eigenvalue weighted by Crippen LogP contribution is -2.17. The topological polar surface area (TPSA) is 117 Å². The molecule has 0 amide bonds. The quantitative estimate of drug-likeness (QED) is 0.386. The Kier molecular flexibility index (Phi) is 6.56. The molecule has 3 aromatic rings. The van der Waals surface area contributed by atoms with Gasteiger partial charge in [0, 0.05) is 48.9 Å². The van der Waals surface area contributed by atoms with Crippen molar-refractivity contribution >= 4 is 45.0 Å². The third-order valence-corrected chi connectivity index (χ3v) is 6.02. The molecule has 148 valence electrons. The first kappa shape index (κ1) is 20.2. The molecule has 1 aromatic carbocycles. The SMILES string of the molecule is CO.COCC1CCc2c(sc3ncnc(Nc4ccc(N)c(C=N)c4)c23)C1. The normalized spacial score (nSPS) is 15.5. The summed E-state index contributed by atoms with van der Waals surface area (Å²) in [6, 6.07) is 5.58. The third kappa shape index (κ3) is 3.99. The molecule has 0 fully saturated rings. The highest BCUT2D eigenvalue weighted by Crippen LogP contribution is 2.40. The van der Waals surface area contributed by atoms with Crippen LogP contribution in [0.4, 0.5) is 17.2 Å². The molecule has 0 bridgehead atoms. The second kappa shape index (κ2) is 9.09. The number of rotatable bonds is 5. The van der Waals surface area contributed by atoms with Gasteiger partial charge in [-0.1, -0.05) is 0 Å². The van der Waals surface area contributed by atoms with Gasteiger partial charge in [-0.25, -0.2) is 9.97 Å². The Morgan fingerprint density at radius 1 is 1.39 bits per heavy atom. The van der Waals surface area contributed by atoms with E-state index in [2.05, 4.69) is 15.3 Å². The van der Waals surface area contributed by atoms with E-state index in [0.717, 1.165) is 54.7 Å². The minimum atomic E-state index is 0.581. The lowest BCUT2D eigenvalue weighted by molar-refractivity contribution is 0.145. The minimum Gasteiger partial charge on any atom is -0.400 e. The van der Waals surface area contributed by atoms with Crippen LogP contribution in [0.2, 0.25) is 0 Å². The Morgan fingerprint density at radius 3 is 2.96 bits per heavy atom. The van der Waals surface area contributed by atoms with Crippen LogP contribution in [0.15, 0.2) is 24.5 Å². The van der Waals surface area contributed by atoms with Gasteiger partial charge in [0.25, 0.3) is 0 Å². The minimum absolute atomic E-state index is 0.581. The number of aliphatic hydroxyl groups excluding tert-OH is 1. The van der Waals surface area contributed by atoms with Crippen LogP contribution in [0.3, 0.4) is 0 Å². The largest absolute Gasteiger partial charge is 0.400 e. The standard InChI is InChI=1S/C19H21N5OS.CH4O/c1-25-9-11-2-4-14-16(6-11)26-19-17(14)18(22-10-23-19)24-13-3-5-15(21)12(7-13)8-20;1-2/h3,5,7-8,10-11,20H,2,4,6,9,21H2,1H3,(H,22,23,24);2H,1H3. The number of hydrogen-bond acceptors (Lipinski definition) is 8. The number of anilines is 3. The van der Waals surface area contributed by atoms with E-state index in [4.69, 9.17) is 21.0 Å². The summed E-state index contributed by atoms with van der Waals surface area (Å²) in [5, 5.41) is 19.0. The van der Waals surface area contributed by atoms with Crippen LogP contribution in [-0.4, -0.2) is 42.1 Å². The van der Waals surface area contributed by atoms with E-state index in [-0.39, 0.29) is 0 Å². The first-order valence-corrected chi connectivity index (χ1v) is 9.87. The molecule has 28 heavy (non-hydrogen) atoms. The number of ether oxygens (including phenoxy) is 1. The monoisotopic (exact) mass is 399 g/mol. The van der Waals surface area contributed by atoms with Crippen molar-refractivity contribution in [3.8, 4) is 0 Å². The molecule has 2 heterocycles. The highest BCUT2D eigenvalue weighted by molar-refractivity contribution is 7.19. The van der Waals surface area contributed by atoms with E-state index >= 15 is 0 Å². The van der Waals surface area contributed by atoms with E-state index in [9.17, 15) is 0 Å². The van der Waals surface area contributed by atoms with Crippen LogP contribution < -0.4 is 11.1 Å². The average molecular weight is 400 g/mol. The highest BCUT2D eigenvalue weighted by Gasteiger charge is 2.25. The predicted octanol–water partition coefficient (Wildman–Crippen LogP) is 3.37. The van der Waals surface area contributed by atoms with Gasteiger partial charge in [0.15, 0.2) is 0 Å². The van der Waals surface area contributed by atoms with Crippen molar-refractivity contribution in [2.45, 2.75) is 19.3 Å². The molecule has 1 aliphatic rings. The maximum absolute atomic E-state index is 7.48. The second-order valence-corrected chi connectivity index (χ2v) is 7.67. The van der Waals surface area contributed by atoms with Gasteiger partial charge in [-0.3, -0.25) is 0 Å². The van der Waals surface area contributed by atoms with Gasteiger partial charge in [-0.05, 0) is 48.9 Å². The Morgan fingerprint density at radius 2 is 2.21 bits per heavy atom. The Labute approximate surface area is 168 Å². The molecule has 0 saturated heterocycles. The van der Waals surface area contributed by atoms with Crippen molar-refractivity contribution in [1.82, 2.24) is 9.97 Å². The van der Waals surface area contributed by atoms with Crippen LogP contribution >= 0.6 is 11.3 Å². The van der Waals surface area contributed by atoms with Gasteiger partial charge in [0.05, 0.1) is 5.39 Å². The fourth-order valence-corrected chi connectivity index (χ4v) is 4.87. The Balaban J connectivity index is 0.00000109. The van der Waals surface area contributed by atoms with Crippen molar-refractivity contribution in [3.05, 3.63) is 40.5 Å². The molecule has 2 aromatic heterocycles. The average Bonchev–Trinajstić information content (AvgIpc) is 3.10. The summed E-state index contributed by atoms with van der Waals surface area (Å²) in [6.45, 7) is 0.808. The van der Waals surface area contributed by atoms with Crippen molar-refractivity contribution in [1.29, 1.82) is 5.41 Å².